The van der Waals surface area contributed by atoms with E-state index in [1.807, 2.05) is 0 Å². The van der Waals surface area contributed by atoms with Crippen LogP contribution >= 0.6 is 0 Å². The molecule has 0 aliphatic heterocycles. The molecular formula is C42H34. The quantitative estimate of drug-likeness (QED) is 0.133. The number of rotatable bonds is 0. The largest absolute Gasteiger partial charge is 0.0610 e. The van der Waals surface area contributed by atoms with Crippen LogP contribution in [0.25, 0.3) is 86.2 Å². The lowest BCUT2D eigenvalue weighted by Gasteiger charge is -2.25. The van der Waals surface area contributed by atoms with Crippen molar-refractivity contribution in [2.75, 3.05) is 0 Å². The second-order valence-corrected chi connectivity index (χ2v) is 14.6. The fourth-order valence-electron chi connectivity index (χ4n) is 7.73. The van der Waals surface area contributed by atoms with Crippen molar-refractivity contribution in [3.05, 3.63) is 108 Å². The van der Waals surface area contributed by atoms with Crippen LogP contribution in [0.3, 0.4) is 0 Å². The highest BCUT2D eigenvalue weighted by Gasteiger charge is 2.23. The van der Waals surface area contributed by atoms with Gasteiger partial charge in [-0.15, -0.1) is 0 Å². The molecule has 0 unspecified atom stereocenters. The monoisotopic (exact) mass is 538 g/mol. The van der Waals surface area contributed by atoms with Crippen LogP contribution in [0, 0.1) is 0 Å². The van der Waals surface area contributed by atoms with Crippen LogP contribution in [-0.2, 0) is 10.8 Å². The molecule has 0 nitrogen and oxygen atoms in total. The van der Waals surface area contributed by atoms with Gasteiger partial charge in [-0.3, -0.25) is 0 Å². The molecule has 0 bridgehead atoms. The first kappa shape index (κ1) is 24.2. The third-order valence-corrected chi connectivity index (χ3v) is 9.97. The second-order valence-electron chi connectivity index (χ2n) is 14.6. The van der Waals surface area contributed by atoms with E-state index in [0.29, 0.717) is 0 Å². The van der Waals surface area contributed by atoms with Gasteiger partial charge in [-0.2, -0.15) is 0 Å². The summed E-state index contributed by atoms with van der Waals surface area (Å²) in [5.41, 5.74) is 2.90. The van der Waals surface area contributed by atoms with Gasteiger partial charge in [0.25, 0.3) is 0 Å². The fourth-order valence-corrected chi connectivity index (χ4v) is 7.73. The van der Waals surface area contributed by atoms with Gasteiger partial charge in [0.2, 0.25) is 0 Å². The molecule has 0 radical (unpaired) electrons. The lowest BCUT2D eigenvalue weighted by molar-refractivity contribution is 0.591. The molecule has 42 heavy (non-hydrogen) atoms. The van der Waals surface area contributed by atoms with E-state index in [0.717, 1.165) is 0 Å². The van der Waals surface area contributed by atoms with E-state index in [2.05, 4.69) is 139 Å². The maximum Gasteiger partial charge on any atom is -0.00196 e. The van der Waals surface area contributed by atoms with Gasteiger partial charge in [0, 0.05) is 0 Å². The smallest absolute Gasteiger partial charge is 0.00196 e. The Hall–Kier alpha value is -4.42. The van der Waals surface area contributed by atoms with Gasteiger partial charge >= 0.3 is 0 Å². The molecule has 202 valence electrons. The summed E-state index contributed by atoms with van der Waals surface area (Å²) >= 11 is 0. The molecule has 0 heterocycles. The molecule has 0 spiro atoms. The molecule has 0 heteroatoms. The van der Waals surface area contributed by atoms with Crippen LogP contribution in [-0.4, -0.2) is 0 Å². The van der Waals surface area contributed by atoms with Crippen LogP contribution in [0.1, 0.15) is 52.7 Å². The Morgan fingerprint density at radius 2 is 0.738 bits per heavy atom. The lowest BCUT2D eigenvalue weighted by Crippen LogP contribution is -2.12. The van der Waals surface area contributed by atoms with Crippen LogP contribution in [0.5, 0.6) is 0 Å². The predicted octanol–water partition coefficient (Wildman–Crippen LogP) is 12.4. The Morgan fingerprint density at radius 3 is 1.38 bits per heavy atom. The minimum absolute atomic E-state index is 0.0531. The zero-order chi connectivity index (χ0) is 28.7. The Bertz CT molecular complexity index is 2550. The van der Waals surface area contributed by atoms with Gasteiger partial charge in [-0.05, 0) is 126 Å². The van der Waals surface area contributed by atoms with Crippen molar-refractivity contribution in [1.82, 2.24) is 0 Å². The number of benzene rings is 9. The number of hydrogen-bond donors (Lipinski definition) is 0. The van der Waals surface area contributed by atoms with E-state index in [9.17, 15) is 0 Å². The zero-order valence-corrected chi connectivity index (χ0v) is 25.2. The summed E-state index contributed by atoms with van der Waals surface area (Å²) in [6, 6.07) is 37.8. The number of hydrogen-bond acceptors (Lipinski definition) is 0. The van der Waals surface area contributed by atoms with Crippen molar-refractivity contribution < 1.29 is 0 Å². The van der Waals surface area contributed by atoms with Crippen LogP contribution in [0.4, 0.5) is 0 Å². The Labute approximate surface area is 246 Å². The standard InChI is InChI=1S/C42H34/c1-41(2,3)28-18-25-12-13-26-19-29(42(4,5)6)22-35-39(26)38(25)34(21-28)32-17-16-30-31-15-14-24-9-7-8-23-10-11-27(37(31)36(23)24)20-33(30)40(32)35/h7-22H,1-6H3. The molecule has 0 aliphatic rings. The fraction of sp³-hybridized carbons (Fsp3) is 0.190. The van der Waals surface area contributed by atoms with Gasteiger partial charge < -0.3 is 0 Å². The van der Waals surface area contributed by atoms with Gasteiger partial charge in [0.15, 0.2) is 0 Å². The molecule has 9 aromatic carbocycles. The van der Waals surface area contributed by atoms with Gasteiger partial charge in [-0.25, -0.2) is 0 Å². The highest BCUT2D eigenvalue weighted by Crippen LogP contribution is 2.48. The first-order chi connectivity index (χ1) is 20.1. The molecule has 0 atom stereocenters. The van der Waals surface area contributed by atoms with E-state index in [1.165, 1.54) is 97.3 Å². The van der Waals surface area contributed by atoms with Gasteiger partial charge in [0.05, 0.1) is 0 Å². The topological polar surface area (TPSA) is 0 Å². The molecule has 0 aromatic heterocycles. The summed E-state index contributed by atoms with van der Waals surface area (Å²) in [5, 5.41) is 21.8. The minimum Gasteiger partial charge on any atom is -0.0610 e. The highest BCUT2D eigenvalue weighted by atomic mass is 14.3. The maximum absolute atomic E-state index is 2.50. The van der Waals surface area contributed by atoms with Crippen molar-refractivity contribution in [1.29, 1.82) is 0 Å². The third kappa shape index (κ3) is 3.08. The SMILES string of the molecule is CC(C)(C)c1cc2ccc3cc(C(C)(C)C)cc4c5c6cc7ccc8cccc9ccc(c6ccc5c(c1)c2c34)c7c89. The normalized spacial score (nSPS) is 13.5. The minimum atomic E-state index is 0.0531. The lowest BCUT2D eigenvalue weighted by atomic mass is 9.79. The van der Waals surface area contributed by atoms with E-state index in [-0.39, 0.29) is 10.8 Å². The van der Waals surface area contributed by atoms with E-state index in [4.69, 9.17) is 0 Å². The van der Waals surface area contributed by atoms with E-state index < -0.39 is 0 Å². The third-order valence-electron chi connectivity index (χ3n) is 9.97. The van der Waals surface area contributed by atoms with Gasteiger partial charge in [0.1, 0.15) is 0 Å². The summed E-state index contributed by atoms with van der Waals surface area (Å²) < 4.78 is 0. The zero-order valence-electron chi connectivity index (χ0n) is 25.2. The molecule has 0 amide bonds. The summed E-state index contributed by atoms with van der Waals surface area (Å²) in [5.74, 6) is 0. The molecule has 0 N–H and O–H groups in total. The molecule has 9 aromatic rings. The number of fused-ring (bicyclic) bond motifs is 6. The van der Waals surface area contributed by atoms with Crippen LogP contribution in [0.15, 0.2) is 97.1 Å². The molecular weight excluding hydrogens is 504 g/mol. The van der Waals surface area contributed by atoms with Crippen molar-refractivity contribution >= 4 is 86.2 Å². The average Bonchev–Trinajstić information content (AvgIpc) is 2.97. The summed E-state index contributed by atoms with van der Waals surface area (Å²) in [6.07, 6.45) is 0. The summed E-state index contributed by atoms with van der Waals surface area (Å²) in [4.78, 5) is 0. The van der Waals surface area contributed by atoms with E-state index in [1.54, 1.807) is 0 Å². The molecule has 0 saturated heterocycles. The Balaban J connectivity index is 1.59. The average molecular weight is 539 g/mol. The molecule has 0 saturated carbocycles. The predicted molar refractivity (Wildman–Crippen MR) is 186 cm³/mol. The Morgan fingerprint density at radius 1 is 0.310 bits per heavy atom. The summed E-state index contributed by atoms with van der Waals surface area (Å²) in [7, 11) is 0. The molecule has 0 aliphatic carbocycles. The highest BCUT2D eigenvalue weighted by molar-refractivity contribution is 6.40. The van der Waals surface area contributed by atoms with Crippen molar-refractivity contribution in [2.24, 2.45) is 0 Å². The van der Waals surface area contributed by atoms with Crippen LogP contribution < -0.4 is 0 Å². The first-order valence-corrected chi connectivity index (χ1v) is 15.3. The molecule has 9 rings (SSSR count). The first-order valence-electron chi connectivity index (χ1n) is 15.3. The second kappa shape index (κ2) is 7.69. The molecule has 0 fully saturated rings. The van der Waals surface area contributed by atoms with Crippen molar-refractivity contribution in [3.63, 3.8) is 0 Å². The van der Waals surface area contributed by atoms with Gasteiger partial charge in [-0.1, -0.05) is 120 Å². The van der Waals surface area contributed by atoms with Crippen molar-refractivity contribution in [2.45, 2.75) is 52.4 Å². The van der Waals surface area contributed by atoms with E-state index >= 15 is 0 Å². The van der Waals surface area contributed by atoms with Crippen LogP contribution in [0.2, 0.25) is 0 Å². The summed E-state index contributed by atoms with van der Waals surface area (Å²) in [6.45, 7) is 14.0. The van der Waals surface area contributed by atoms with Crippen molar-refractivity contribution in [3.8, 4) is 0 Å². The maximum atomic E-state index is 2.50. The Kier molecular flexibility index (Phi) is 4.43.